The third-order valence-corrected chi connectivity index (χ3v) is 2.21. The minimum Gasteiger partial charge on any atom is -0.383 e. The molecule has 5 heteroatoms. The van der Waals surface area contributed by atoms with Gasteiger partial charge < -0.3 is 10.1 Å². The first kappa shape index (κ1) is 12.7. The van der Waals surface area contributed by atoms with Crippen molar-refractivity contribution in [1.82, 2.24) is 15.1 Å². The van der Waals surface area contributed by atoms with Crippen molar-refractivity contribution in [3.63, 3.8) is 0 Å². The highest BCUT2D eigenvalue weighted by Crippen LogP contribution is 1.98. The second-order valence-corrected chi connectivity index (χ2v) is 3.77. The molecule has 1 atom stereocenters. The third-order valence-electron chi connectivity index (χ3n) is 2.21. The van der Waals surface area contributed by atoms with E-state index in [1.807, 2.05) is 24.0 Å². The van der Waals surface area contributed by atoms with Gasteiger partial charge in [-0.1, -0.05) is 0 Å². The van der Waals surface area contributed by atoms with Crippen LogP contribution in [0.5, 0.6) is 0 Å². The SMILES string of the molecule is COCCn1cc(CNC[C@H](C)C#N)cn1. The second kappa shape index (κ2) is 6.99. The number of hydrogen-bond donors (Lipinski definition) is 1. The first-order valence-corrected chi connectivity index (χ1v) is 5.37. The Bertz CT molecular complexity index is 342. The molecule has 0 aromatic carbocycles. The summed E-state index contributed by atoms with van der Waals surface area (Å²) in [6.07, 6.45) is 3.82. The van der Waals surface area contributed by atoms with Gasteiger partial charge in [0.05, 0.1) is 31.3 Å². The molecule has 1 heterocycles. The van der Waals surface area contributed by atoms with E-state index in [9.17, 15) is 0 Å². The van der Waals surface area contributed by atoms with E-state index in [2.05, 4.69) is 16.5 Å². The average Bonchev–Trinajstić information content (AvgIpc) is 2.74. The zero-order valence-corrected chi connectivity index (χ0v) is 9.81. The zero-order valence-electron chi connectivity index (χ0n) is 9.81. The van der Waals surface area contributed by atoms with Crippen LogP contribution < -0.4 is 5.32 Å². The van der Waals surface area contributed by atoms with Crippen LogP contribution in [0.2, 0.25) is 0 Å². The minimum atomic E-state index is 0.0449. The Morgan fingerprint density at radius 3 is 3.19 bits per heavy atom. The Hall–Kier alpha value is -1.38. The van der Waals surface area contributed by atoms with Gasteiger partial charge in [-0.2, -0.15) is 10.4 Å². The zero-order chi connectivity index (χ0) is 11.8. The van der Waals surface area contributed by atoms with Crippen LogP contribution >= 0.6 is 0 Å². The molecule has 0 saturated heterocycles. The number of rotatable bonds is 7. The highest BCUT2D eigenvalue weighted by atomic mass is 16.5. The van der Waals surface area contributed by atoms with Crippen LogP contribution in [0.4, 0.5) is 0 Å². The lowest BCUT2D eigenvalue weighted by Crippen LogP contribution is -2.19. The molecule has 0 unspecified atom stereocenters. The van der Waals surface area contributed by atoms with E-state index in [-0.39, 0.29) is 5.92 Å². The smallest absolute Gasteiger partial charge is 0.0666 e. The topological polar surface area (TPSA) is 62.9 Å². The summed E-state index contributed by atoms with van der Waals surface area (Å²) < 4.78 is 6.83. The number of methoxy groups -OCH3 is 1. The van der Waals surface area contributed by atoms with Gasteiger partial charge in [0.15, 0.2) is 0 Å². The van der Waals surface area contributed by atoms with E-state index < -0.39 is 0 Å². The van der Waals surface area contributed by atoms with Crippen molar-refractivity contribution in [2.24, 2.45) is 5.92 Å². The van der Waals surface area contributed by atoms with Crippen LogP contribution in [-0.4, -0.2) is 30.0 Å². The van der Waals surface area contributed by atoms with Crippen LogP contribution in [0.15, 0.2) is 12.4 Å². The molecule has 0 bridgehead atoms. The van der Waals surface area contributed by atoms with Gasteiger partial charge in [0, 0.05) is 32.0 Å². The molecule has 1 aromatic heterocycles. The molecule has 0 aliphatic heterocycles. The van der Waals surface area contributed by atoms with Crippen LogP contribution in [0.3, 0.4) is 0 Å². The van der Waals surface area contributed by atoms with Crippen LogP contribution in [0.1, 0.15) is 12.5 Å². The number of hydrogen-bond acceptors (Lipinski definition) is 4. The summed E-state index contributed by atoms with van der Waals surface area (Å²) in [5.41, 5.74) is 1.13. The molecule has 0 radical (unpaired) electrons. The molecular formula is C11H18N4O. The molecule has 16 heavy (non-hydrogen) atoms. The van der Waals surface area contributed by atoms with Gasteiger partial charge in [0.2, 0.25) is 0 Å². The lowest BCUT2D eigenvalue weighted by atomic mass is 10.2. The fourth-order valence-corrected chi connectivity index (χ4v) is 1.28. The number of nitrogens with zero attached hydrogens (tertiary/aromatic N) is 3. The molecule has 5 nitrogen and oxygen atoms in total. The van der Waals surface area contributed by atoms with Crippen molar-refractivity contribution in [3.8, 4) is 6.07 Å². The van der Waals surface area contributed by atoms with Crippen molar-refractivity contribution < 1.29 is 4.74 Å². The Morgan fingerprint density at radius 1 is 1.69 bits per heavy atom. The first-order valence-electron chi connectivity index (χ1n) is 5.37. The fraction of sp³-hybridized carbons (Fsp3) is 0.636. The van der Waals surface area contributed by atoms with E-state index in [0.29, 0.717) is 13.2 Å². The van der Waals surface area contributed by atoms with E-state index in [1.54, 1.807) is 7.11 Å². The van der Waals surface area contributed by atoms with Crippen molar-refractivity contribution in [1.29, 1.82) is 5.26 Å². The monoisotopic (exact) mass is 222 g/mol. The number of ether oxygens (including phenoxy) is 1. The summed E-state index contributed by atoms with van der Waals surface area (Å²) in [5.74, 6) is 0.0449. The molecule has 1 N–H and O–H groups in total. The molecule has 0 amide bonds. The highest BCUT2D eigenvalue weighted by molar-refractivity contribution is 5.03. The standard InChI is InChI=1S/C11H18N4O/c1-10(5-12)6-13-7-11-8-14-15(9-11)3-4-16-2/h8-10,13H,3-4,6-7H2,1-2H3/t10-/m1/s1. The van der Waals surface area contributed by atoms with Gasteiger partial charge >= 0.3 is 0 Å². The molecule has 0 fully saturated rings. The Kier molecular flexibility index (Phi) is 5.54. The average molecular weight is 222 g/mol. The second-order valence-electron chi connectivity index (χ2n) is 3.77. The third kappa shape index (κ3) is 4.43. The lowest BCUT2D eigenvalue weighted by molar-refractivity contribution is 0.183. The summed E-state index contributed by atoms with van der Waals surface area (Å²) in [7, 11) is 1.68. The maximum absolute atomic E-state index is 8.61. The van der Waals surface area contributed by atoms with Crippen molar-refractivity contribution in [2.75, 3.05) is 20.3 Å². The summed E-state index contributed by atoms with van der Waals surface area (Å²) in [6.45, 7) is 4.79. The summed E-state index contributed by atoms with van der Waals surface area (Å²) >= 11 is 0. The fourth-order valence-electron chi connectivity index (χ4n) is 1.28. The lowest BCUT2D eigenvalue weighted by Gasteiger charge is -2.03. The highest BCUT2D eigenvalue weighted by Gasteiger charge is 2.00. The van der Waals surface area contributed by atoms with Crippen molar-refractivity contribution in [2.45, 2.75) is 20.0 Å². The predicted molar refractivity (Wildman–Crippen MR) is 60.6 cm³/mol. The largest absolute Gasteiger partial charge is 0.383 e. The Balaban J connectivity index is 2.27. The quantitative estimate of drug-likeness (QED) is 0.740. The van der Waals surface area contributed by atoms with Gasteiger partial charge in [-0.15, -0.1) is 0 Å². The first-order chi connectivity index (χ1) is 7.76. The molecule has 0 aliphatic rings. The molecule has 88 valence electrons. The van der Waals surface area contributed by atoms with E-state index >= 15 is 0 Å². The van der Waals surface area contributed by atoms with E-state index in [1.165, 1.54) is 0 Å². The number of nitriles is 1. The van der Waals surface area contributed by atoms with Gasteiger partial charge in [0.1, 0.15) is 0 Å². The van der Waals surface area contributed by atoms with Gasteiger partial charge in [0.25, 0.3) is 0 Å². The van der Waals surface area contributed by atoms with E-state index in [0.717, 1.165) is 18.7 Å². The summed E-state index contributed by atoms with van der Waals surface area (Å²) in [5, 5.41) is 16.0. The van der Waals surface area contributed by atoms with Crippen molar-refractivity contribution >= 4 is 0 Å². The predicted octanol–water partition coefficient (Wildman–Crippen LogP) is 0.779. The molecule has 1 rings (SSSR count). The molecule has 0 spiro atoms. The summed E-state index contributed by atoms with van der Waals surface area (Å²) in [6, 6.07) is 2.18. The van der Waals surface area contributed by atoms with E-state index in [4.69, 9.17) is 10.00 Å². The normalized spacial score (nSPS) is 12.3. The van der Waals surface area contributed by atoms with Gasteiger partial charge in [-0.3, -0.25) is 4.68 Å². The van der Waals surface area contributed by atoms with Gasteiger partial charge in [-0.25, -0.2) is 0 Å². The van der Waals surface area contributed by atoms with Crippen LogP contribution in [-0.2, 0) is 17.8 Å². The Labute approximate surface area is 96.0 Å². The Morgan fingerprint density at radius 2 is 2.50 bits per heavy atom. The van der Waals surface area contributed by atoms with Crippen LogP contribution in [0.25, 0.3) is 0 Å². The number of nitrogens with one attached hydrogen (secondary N) is 1. The minimum absolute atomic E-state index is 0.0449. The number of aromatic nitrogens is 2. The molecule has 0 aliphatic carbocycles. The molecular weight excluding hydrogens is 204 g/mol. The van der Waals surface area contributed by atoms with Crippen LogP contribution in [0, 0.1) is 17.2 Å². The molecule has 1 aromatic rings. The van der Waals surface area contributed by atoms with Gasteiger partial charge in [-0.05, 0) is 6.92 Å². The van der Waals surface area contributed by atoms with Crippen molar-refractivity contribution in [3.05, 3.63) is 18.0 Å². The maximum atomic E-state index is 8.61. The maximum Gasteiger partial charge on any atom is 0.0666 e. The molecule has 0 saturated carbocycles. The summed E-state index contributed by atoms with van der Waals surface area (Å²) in [4.78, 5) is 0.